The Labute approximate surface area is 148 Å². The van der Waals surface area contributed by atoms with Crippen molar-refractivity contribution < 1.29 is 24.2 Å². The van der Waals surface area contributed by atoms with E-state index in [1.807, 2.05) is 0 Å². The van der Waals surface area contributed by atoms with Gasteiger partial charge < -0.3 is 9.84 Å². The number of carboxylic acids is 1. The molecule has 1 heterocycles. The highest BCUT2D eigenvalue weighted by molar-refractivity contribution is 8.26. The van der Waals surface area contributed by atoms with E-state index in [-0.39, 0.29) is 10.7 Å². The van der Waals surface area contributed by atoms with Crippen LogP contribution in [0.15, 0.2) is 29.2 Å². The highest BCUT2D eigenvalue weighted by Gasteiger charge is 2.39. The predicted octanol–water partition coefficient (Wildman–Crippen LogP) is 2.54. The van der Waals surface area contributed by atoms with Gasteiger partial charge in [-0.15, -0.1) is 0 Å². The molecule has 1 aromatic rings. The third-order valence-corrected chi connectivity index (χ3v) is 4.77. The Bertz CT molecular complexity index is 726. The van der Waals surface area contributed by atoms with Crippen LogP contribution in [-0.2, 0) is 14.3 Å². The van der Waals surface area contributed by atoms with Gasteiger partial charge in [0.15, 0.2) is 0 Å². The van der Waals surface area contributed by atoms with Crippen LogP contribution in [-0.4, -0.2) is 45.3 Å². The van der Waals surface area contributed by atoms with Gasteiger partial charge in [-0.25, -0.2) is 9.59 Å². The Hall–Kier alpha value is -2.19. The molecule has 1 saturated heterocycles. The SMILES string of the molecule is CC[C@H](C(=O)O)N1C(=O)/C(=C/c2ccc(C(=O)OC)cc2)SC1=S. The van der Waals surface area contributed by atoms with Crippen LogP contribution in [0.2, 0.25) is 0 Å². The average molecular weight is 365 g/mol. The van der Waals surface area contributed by atoms with Gasteiger partial charge in [-0.1, -0.05) is 43.0 Å². The molecule has 8 heteroatoms. The Morgan fingerprint density at radius 3 is 2.50 bits per heavy atom. The summed E-state index contributed by atoms with van der Waals surface area (Å²) in [7, 11) is 1.30. The van der Waals surface area contributed by atoms with Crippen molar-refractivity contribution in [3.63, 3.8) is 0 Å². The van der Waals surface area contributed by atoms with Crippen LogP contribution in [0.4, 0.5) is 0 Å². The summed E-state index contributed by atoms with van der Waals surface area (Å²) in [5.41, 5.74) is 1.10. The number of aliphatic carboxylic acids is 1. The van der Waals surface area contributed by atoms with Crippen molar-refractivity contribution in [3.05, 3.63) is 40.3 Å². The van der Waals surface area contributed by atoms with E-state index >= 15 is 0 Å². The van der Waals surface area contributed by atoms with Crippen LogP contribution in [0, 0.1) is 0 Å². The Morgan fingerprint density at radius 2 is 2.00 bits per heavy atom. The van der Waals surface area contributed by atoms with E-state index in [1.165, 1.54) is 7.11 Å². The van der Waals surface area contributed by atoms with Crippen LogP contribution in [0.1, 0.15) is 29.3 Å². The maximum absolute atomic E-state index is 12.5. The molecule has 1 amide bonds. The fourth-order valence-electron chi connectivity index (χ4n) is 2.20. The van der Waals surface area contributed by atoms with Crippen molar-refractivity contribution in [2.24, 2.45) is 0 Å². The van der Waals surface area contributed by atoms with Crippen LogP contribution in [0.5, 0.6) is 0 Å². The number of nitrogens with zero attached hydrogens (tertiary/aromatic N) is 1. The van der Waals surface area contributed by atoms with E-state index < -0.39 is 23.9 Å². The highest BCUT2D eigenvalue weighted by Crippen LogP contribution is 2.34. The molecule has 1 aliphatic rings. The molecule has 0 spiro atoms. The minimum atomic E-state index is -1.09. The summed E-state index contributed by atoms with van der Waals surface area (Å²) in [6, 6.07) is 5.56. The first kappa shape index (κ1) is 18.2. The second kappa shape index (κ2) is 7.59. The zero-order valence-electron chi connectivity index (χ0n) is 13.0. The van der Waals surface area contributed by atoms with E-state index in [9.17, 15) is 19.5 Å². The maximum Gasteiger partial charge on any atom is 0.337 e. The first-order chi connectivity index (χ1) is 11.4. The molecule has 0 unspecified atom stereocenters. The number of carboxylic acid groups (broad SMARTS) is 1. The van der Waals surface area contributed by atoms with Gasteiger partial charge in [0.1, 0.15) is 10.4 Å². The largest absolute Gasteiger partial charge is 0.480 e. The number of rotatable bonds is 5. The molecule has 0 saturated carbocycles. The second-order valence-corrected chi connectivity index (χ2v) is 6.60. The van der Waals surface area contributed by atoms with Gasteiger partial charge in [0.2, 0.25) is 0 Å². The minimum Gasteiger partial charge on any atom is -0.480 e. The number of thiocarbonyl (C=S) groups is 1. The number of carbonyl (C=O) groups excluding carboxylic acids is 2. The quantitative estimate of drug-likeness (QED) is 0.488. The molecule has 0 radical (unpaired) electrons. The van der Waals surface area contributed by atoms with Gasteiger partial charge >= 0.3 is 11.9 Å². The molecule has 126 valence electrons. The number of benzene rings is 1. The van der Waals surface area contributed by atoms with Crippen LogP contribution in [0.25, 0.3) is 6.08 Å². The zero-order chi connectivity index (χ0) is 17.9. The van der Waals surface area contributed by atoms with E-state index in [4.69, 9.17) is 12.2 Å². The molecule has 6 nitrogen and oxygen atoms in total. The lowest BCUT2D eigenvalue weighted by atomic mass is 10.1. The van der Waals surface area contributed by atoms with Crippen molar-refractivity contribution in [1.29, 1.82) is 0 Å². The van der Waals surface area contributed by atoms with E-state index in [0.29, 0.717) is 16.0 Å². The number of hydrogen-bond acceptors (Lipinski definition) is 6. The van der Waals surface area contributed by atoms with Crippen molar-refractivity contribution in [2.75, 3.05) is 7.11 Å². The number of ether oxygens (including phenoxy) is 1. The lowest BCUT2D eigenvalue weighted by Gasteiger charge is -2.21. The van der Waals surface area contributed by atoms with Crippen molar-refractivity contribution in [1.82, 2.24) is 4.90 Å². The predicted molar refractivity (Wildman–Crippen MR) is 94.5 cm³/mol. The highest BCUT2D eigenvalue weighted by atomic mass is 32.2. The summed E-state index contributed by atoms with van der Waals surface area (Å²) >= 11 is 6.21. The van der Waals surface area contributed by atoms with Crippen LogP contribution < -0.4 is 0 Å². The Balaban J connectivity index is 2.25. The number of methoxy groups -OCH3 is 1. The summed E-state index contributed by atoms with van der Waals surface area (Å²) < 4.78 is 4.85. The maximum atomic E-state index is 12.5. The molecular formula is C16H15NO5S2. The fraction of sp³-hybridized carbons (Fsp3) is 0.250. The van der Waals surface area contributed by atoms with Gasteiger partial charge in [-0.2, -0.15) is 0 Å². The zero-order valence-corrected chi connectivity index (χ0v) is 14.6. The van der Waals surface area contributed by atoms with Crippen molar-refractivity contribution in [2.45, 2.75) is 19.4 Å². The summed E-state index contributed by atoms with van der Waals surface area (Å²) in [6.45, 7) is 1.69. The smallest absolute Gasteiger partial charge is 0.337 e. The second-order valence-electron chi connectivity index (χ2n) is 4.93. The molecule has 1 fully saturated rings. The number of carbonyl (C=O) groups is 3. The van der Waals surface area contributed by atoms with Gasteiger partial charge in [0.05, 0.1) is 17.6 Å². The summed E-state index contributed by atoms with van der Waals surface area (Å²) in [5, 5.41) is 9.23. The summed E-state index contributed by atoms with van der Waals surface area (Å²) in [5.74, 6) is -1.95. The van der Waals surface area contributed by atoms with Gasteiger partial charge in [0, 0.05) is 0 Å². The van der Waals surface area contributed by atoms with Crippen LogP contribution in [0.3, 0.4) is 0 Å². The summed E-state index contributed by atoms with van der Waals surface area (Å²) in [6.07, 6.45) is 1.89. The van der Waals surface area contributed by atoms with E-state index in [0.717, 1.165) is 16.7 Å². The van der Waals surface area contributed by atoms with Crippen LogP contribution >= 0.6 is 24.0 Å². The van der Waals surface area contributed by atoms with E-state index in [1.54, 1.807) is 37.3 Å². The number of thioether (sulfide) groups is 1. The average Bonchev–Trinajstić information content (AvgIpc) is 2.83. The minimum absolute atomic E-state index is 0.228. The third-order valence-electron chi connectivity index (χ3n) is 3.44. The Morgan fingerprint density at radius 1 is 1.38 bits per heavy atom. The Kier molecular flexibility index (Phi) is 5.74. The molecule has 1 aromatic carbocycles. The van der Waals surface area contributed by atoms with Crippen molar-refractivity contribution >= 4 is 52.2 Å². The summed E-state index contributed by atoms with van der Waals surface area (Å²) in [4.78, 5) is 36.6. The normalized spacial score (nSPS) is 17.2. The van der Waals surface area contributed by atoms with Crippen molar-refractivity contribution in [3.8, 4) is 0 Å². The number of esters is 1. The van der Waals surface area contributed by atoms with Gasteiger partial charge in [-0.3, -0.25) is 9.69 Å². The third kappa shape index (κ3) is 3.65. The molecule has 1 aliphatic heterocycles. The lowest BCUT2D eigenvalue weighted by Crippen LogP contribution is -2.43. The molecule has 24 heavy (non-hydrogen) atoms. The topological polar surface area (TPSA) is 83.9 Å². The molecule has 0 bridgehead atoms. The number of amides is 1. The van der Waals surface area contributed by atoms with E-state index in [2.05, 4.69) is 4.74 Å². The van der Waals surface area contributed by atoms with Gasteiger partial charge in [-0.05, 0) is 30.2 Å². The lowest BCUT2D eigenvalue weighted by molar-refractivity contribution is -0.145. The fourth-order valence-corrected chi connectivity index (χ4v) is 3.56. The first-order valence-electron chi connectivity index (χ1n) is 7.07. The monoisotopic (exact) mass is 365 g/mol. The number of hydrogen-bond donors (Lipinski definition) is 1. The molecule has 1 N–H and O–H groups in total. The molecular weight excluding hydrogens is 350 g/mol. The standard InChI is InChI=1S/C16H15NO5S2/c1-3-11(14(19)20)17-13(18)12(24-16(17)23)8-9-4-6-10(7-5-9)15(21)22-2/h4-8,11H,3H2,1-2H3,(H,19,20)/b12-8-/t11-/m1/s1. The molecule has 0 aliphatic carbocycles. The molecule has 2 rings (SSSR count). The van der Waals surface area contributed by atoms with Gasteiger partial charge in [0.25, 0.3) is 5.91 Å². The molecule has 0 aromatic heterocycles. The molecule has 1 atom stereocenters. The first-order valence-corrected chi connectivity index (χ1v) is 8.29.